The van der Waals surface area contributed by atoms with Crippen molar-refractivity contribution < 1.29 is 56.6 Å². The quantitative estimate of drug-likeness (QED) is 0.141. The summed E-state index contributed by atoms with van der Waals surface area (Å²) in [4.78, 5) is 70.7. The van der Waals surface area contributed by atoms with E-state index >= 15 is 0 Å². The number of esters is 2. The molecule has 0 aromatic carbocycles. The predicted octanol–water partition coefficient (Wildman–Crippen LogP) is -0.375. The maximum Gasteiger partial charge on any atom is 0.364 e. The van der Waals surface area contributed by atoms with Crippen molar-refractivity contribution in [3.8, 4) is 0 Å². The maximum absolute atomic E-state index is 11.6. The molecule has 232 valence electrons. The van der Waals surface area contributed by atoms with Crippen LogP contribution in [-0.2, 0) is 28.7 Å². The number of halogens is 4. The van der Waals surface area contributed by atoms with Gasteiger partial charge in [0.15, 0.2) is 6.04 Å². The highest BCUT2D eigenvalue weighted by Gasteiger charge is 2.26. The molecule has 42 heavy (non-hydrogen) atoms. The lowest BCUT2D eigenvalue weighted by atomic mass is 10.1. The molecule has 20 heteroatoms. The van der Waals surface area contributed by atoms with E-state index in [1.54, 1.807) is 0 Å². The van der Waals surface area contributed by atoms with Gasteiger partial charge < -0.3 is 32.9 Å². The van der Waals surface area contributed by atoms with Crippen molar-refractivity contribution in [2.75, 3.05) is 19.5 Å². The molecule has 0 radical (unpaired) electrons. The van der Waals surface area contributed by atoms with Crippen LogP contribution in [0.3, 0.4) is 0 Å². The molecule has 0 unspecified atom stereocenters. The molecular formula is C22H26Cl4N6O10. The van der Waals surface area contributed by atoms with Gasteiger partial charge in [0.25, 0.3) is 0 Å². The number of pyridine rings is 2. The van der Waals surface area contributed by atoms with Crippen LogP contribution in [0.25, 0.3) is 0 Å². The second-order valence-electron chi connectivity index (χ2n) is 7.71. The number of ether oxygens (including phenoxy) is 2. The SMILES string of the molecule is COC(=O)[C@@H]([NH3+])CC(C)=O.COC(=O)[C@H](CC(C)=O)Nc1nc(Cl)ccc1[N+](=O)[O-].O=[N+]([O-])c1ccc(Cl)nc1Cl.[Cl-]. The molecule has 0 aliphatic rings. The zero-order valence-electron chi connectivity index (χ0n) is 22.5. The monoisotopic (exact) mass is 674 g/mol. The van der Waals surface area contributed by atoms with Crippen molar-refractivity contribution in [3.05, 3.63) is 60.0 Å². The molecule has 4 N–H and O–H groups in total. The number of anilines is 1. The number of ketones is 2. The summed E-state index contributed by atoms with van der Waals surface area (Å²) < 4.78 is 8.89. The number of nitro groups is 2. The largest absolute Gasteiger partial charge is 1.00 e. The summed E-state index contributed by atoms with van der Waals surface area (Å²) >= 11 is 16.5. The van der Waals surface area contributed by atoms with Crippen molar-refractivity contribution in [2.24, 2.45) is 0 Å². The Kier molecular flexibility index (Phi) is 19.5. The maximum atomic E-state index is 11.6. The molecule has 0 amide bonds. The molecule has 2 atom stereocenters. The van der Waals surface area contributed by atoms with Gasteiger partial charge >= 0.3 is 23.3 Å². The van der Waals surface area contributed by atoms with Crippen molar-refractivity contribution in [1.82, 2.24) is 9.97 Å². The van der Waals surface area contributed by atoms with Gasteiger partial charge in [0.2, 0.25) is 11.0 Å². The van der Waals surface area contributed by atoms with Gasteiger partial charge in [0.05, 0.1) is 30.5 Å². The van der Waals surface area contributed by atoms with Gasteiger partial charge in [0, 0.05) is 18.6 Å². The minimum atomic E-state index is -1.07. The molecule has 2 aromatic heterocycles. The van der Waals surface area contributed by atoms with E-state index in [-0.39, 0.29) is 69.5 Å². The van der Waals surface area contributed by atoms with Crippen LogP contribution in [0.15, 0.2) is 24.3 Å². The second-order valence-corrected chi connectivity index (χ2v) is 8.84. The first-order valence-corrected chi connectivity index (χ1v) is 12.2. The van der Waals surface area contributed by atoms with E-state index in [9.17, 15) is 39.4 Å². The van der Waals surface area contributed by atoms with Gasteiger partial charge in [-0.2, -0.15) is 0 Å². The van der Waals surface area contributed by atoms with Gasteiger partial charge in [-0.3, -0.25) is 29.8 Å². The topological polar surface area (TPSA) is 238 Å². The molecule has 0 aliphatic carbocycles. The molecule has 0 fully saturated rings. The molecule has 0 aliphatic heterocycles. The van der Waals surface area contributed by atoms with Gasteiger partial charge in [-0.25, -0.2) is 19.6 Å². The van der Waals surface area contributed by atoms with Crippen LogP contribution < -0.4 is 23.5 Å². The summed E-state index contributed by atoms with van der Waals surface area (Å²) in [5.74, 6) is -1.69. The number of nitrogens with one attached hydrogen (secondary N) is 1. The fourth-order valence-electron chi connectivity index (χ4n) is 2.61. The van der Waals surface area contributed by atoms with E-state index in [0.29, 0.717) is 0 Å². The lowest BCUT2D eigenvalue weighted by molar-refractivity contribution is -0.406. The Morgan fingerprint density at radius 3 is 1.71 bits per heavy atom. The number of Topliss-reactive ketones (excluding diaryl/α,β-unsaturated/α-hetero) is 2. The molecule has 2 heterocycles. The van der Waals surface area contributed by atoms with Crippen LogP contribution in [0, 0.1) is 20.2 Å². The van der Waals surface area contributed by atoms with Crippen LogP contribution in [0.5, 0.6) is 0 Å². The average Bonchev–Trinajstić information content (AvgIpc) is 2.87. The number of hydrogen-bond donors (Lipinski definition) is 2. The standard InChI is InChI=1S/C11H12ClN3O5.C6H11NO3.C5H2Cl2N2O2.ClH/c1-6(16)5-7(11(17)20-2)13-10-8(15(18)19)3-4-9(12)14-10;1-4(8)3-5(7)6(9)10-2;6-4-2-1-3(9(10)11)5(7)8-4;/h3-4,7H,5H2,1-2H3,(H,13,14);5H,3,7H2,1-2H3;1-2H;1H/t7-;5-;;/m00../s1. The van der Waals surface area contributed by atoms with Crippen LogP contribution in [0.4, 0.5) is 17.2 Å². The Balaban J connectivity index is 0. The highest BCUT2D eigenvalue weighted by Crippen LogP contribution is 2.25. The summed E-state index contributed by atoms with van der Waals surface area (Å²) in [7, 11) is 2.43. The highest BCUT2D eigenvalue weighted by molar-refractivity contribution is 6.33. The highest BCUT2D eigenvalue weighted by atomic mass is 35.5. The Morgan fingerprint density at radius 1 is 0.857 bits per heavy atom. The Morgan fingerprint density at radius 2 is 1.31 bits per heavy atom. The number of hydrogen-bond acceptors (Lipinski definition) is 13. The van der Waals surface area contributed by atoms with E-state index in [1.807, 2.05) is 0 Å². The summed E-state index contributed by atoms with van der Waals surface area (Å²) in [5, 5.41) is 23.5. The van der Waals surface area contributed by atoms with Crippen LogP contribution in [0.1, 0.15) is 26.7 Å². The molecule has 2 rings (SSSR count). The van der Waals surface area contributed by atoms with E-state index in [4.69, 9.17) is 34.8 Å². The third-order valence-electron chi connectivity index (χ3n) is 4.39. The zero-order valence-corrected chi connectivity index (χ0v) is 25.5. The molecule has 2 aromatic rings. The van der Waals surface area contributed by atoms with Crippen LogP contribution in [0.2, 0.25) is 15.5 Å². The van der Waals surface area contributed by atoms with E-state index in [0.717, 1.165) is 13.2 Å². The smallest absolute Gasteiger partial charge is 0.364 e. The van der Waals surface area contributed by atoms with E-state index < -0.39 is 33.9 Å². The summed E-state index contributed by atoms with van der Waals surface area (Å²) in [5.41, 5.74) is 2.86. The third-order valence-corrected chi connectivity index (χ3v) is 5.08. The molecule has 0 saturated carbocycles. The normalized spacial score (nSPS) is 11.0. The lowest BCUT2D eigenvalue weighted by Gasteiger charge is -2.15. The summed E-state index contributed by atoms with van der Waals surface area (Å²) in [6, 6.07) is 3.30. The molecule has 0 saturated heterocycles. The van der Waals surface area contributed by atoms with Crippen molar-refractivity contribution in [3.63, 3.8) is 0 Å². The lowest BCUT2D eigenvalue weighted by Crippen LogP contribution is -3.00. The van der Waals surface area contributed by atoms with Crippen LogP contribution >= 0.6 is 34.8 Å². The first-order chi connectivity index (χ1) is 19.0. The van der Waals surface area contributed by atoms with Gasteiger partial charge in [-0.15, -0.1) is 0 Å². The van der Waals surface area contributed by atoms with Gasteiger partial charge in [0.1, 0.15) is 27.9 Å². The number of rotatable bonds is 10. The Hall–Kier alpha value is -3.70. The minimum Gasteiger partial charge on any atom is -1.00 e. The summed E-state index contributed by atoms with van der Waals surface area (Å²) in [6.07, 6.45) is -0.0231. The third kappa shape index (κ3) is 15.3. The fraction of sp³-hybridized carbons (Fsp3) is 0.364. The number of quaternary nitrogens is 1. The number of methoxy groups -OCH3 is 2. The average molecular weight is 676 g/mol. The minimum absolute atomic E-state index is 0. The number of carbonyl (C=O) groups excluding carboxylic acids is 4. The van der Waals surface area contributed by atoms with Gasteiger partial charge in [-0.1, -0.05) is 34.8 Å². The van der Waals surface area contributed by atoms with E-state index in [2.05, 4.69) is 30.5 Å². The zero-order chi connectivity index (χ0) is 31.9. The number of carbonyl (C=O) groups is 4. The first-order valence-electron chi connectivity index (χ1n) is 11.0. The number of aromatic nitrogens is 2. The molecule has 0 bridgehead atoms. The fourth-order valence-corrected chi connectivity index (χ4v) is 3.17. The molecule has 0 spiro atoms. The number of nitrogens with zero attached hydrogens (tertiary/aromatic N) is 4. The van der Waals surface area contributed by atoms with Crippen LogP contribution in [-0.4, -0.2) is 69.6 Å². The second kappa shape index (κ2) is 20.2. The molecule has 16 nitrogen and oxygen atoms in total. The Bertz CT molecular complexity index is 1280. The predicted molar refractivity (Wildman–Crippen MR) is 146 cm³/mol. The summed E-state index contributed by atoms with van der Waals surface area (Å²) in [6.45, 7) is 2.71. The van der Waals surface area contributed by atoms with Crippen molar-refractivity contribution in [1.29, 1.82) is 0 Å². The Labute approximate surface area is 259 Å². The first kappa shape index (κ1) is 40.4. The van der Waals surface area contributed by atoms with Crippen molar-refractivity contribution >= 4 is 75.5 Å². The molecular weight excluding hydrogens is 650 g/mol. The van der Waals surface area contributed by atoms with E-state index in [1.165, 1.54) is 39.2 Å². The van der Waals surface area contributed by atoms with Crippen molar-refractivity contribution in [2.45, 2.75) is 38.8 Å². The van der Waals surface area contributed by atoms with Gasteiger partial charge in [-0.05, 0) is 26.0 Å².